The van der Waals surface area contributed by atoms with Crippen LogP contribution in [0.3, 0.4) is 0 Å². The van der Waals surface area contributed by atoms with Crippen LogP contribution in [0.4, 0.5) is 0 Å². The number of amides is 1. The molecule has 12 nitrogen and oxygen atoms in total. The molecule has 0 aromatic rings. The number of carbonyl (C=O) groups is 4. The van der Waals surface area contributed by atoms with Crippen molar-refractivity contribution in [2.24, 2.45) is 0 Å². The molecule has 0 fully saturated rings. The van der Waals surface area contributed by atoms with E-state index in [4.69, 9.17) is 18.5 Å². The van der Waals surface area contributed by atoms with Gasteiger partial charge in [0.15, 0.2) is 6.10 Å². The monoisotopic (exact) mass is 806 g/mol. The molecule has 0 heterocycles. The second-order valence-electron chi connectivity index (χ2n) is 14.8. The number of rotatable bonds is 41. The summed E-state index contributed by atoms with van der Waals surface area (Å²) in [6, 6.07) is 0. The van der Waals surface area contributed by atoms with E-state index in [1.54, 1.807) is 0 Å². The first-order chi connectivity index (χ1) is 26.6. The fourth-order valence-corrected chi connectivity index (χ4v) is 6.92. The summed E-state index contributed by atoms with van der Waals surface area (Å²) in [5.41, 5.74) is 0. The molecule has 55 heavy (non-hydrogen) atoms. The van der Waals surface area contributed by atoms with Crippen LogP contribution in [0.1, 0.15) is 206 Å². The molecule has 2 unspecified atom stereocenters. The second kappa shape index (κ2) is 38.8. The Bertz CT molecular complexity index is 997. The van der Waals surface area contributed by atoms with Crippen LogP contribution in [-0.4, -0.2) is 68.3 Å². The van der Waals surface area contributed by atoms with Crippen molar-refractivity contribution in [3.8, 4) is 0 Å². The zero-order valence-corrected chi connectivity index (χ0v) is 36.0. The fraction of sp³-hybridized carbons (Fsp3) is 0.905. The lowest BCUT2D eigenvalue weighted by molar-refractivity contribution is -0.161. The summed E-state index contributed by atoms with van der Waals surface area (Å²) >= 11 is 0. The summed E-state index contributed by atoms with van der Waals surface area (Å²) in [4.78, 5) is 58.3. The van der Waals surface area contributed by atoms with E-state index < -0.39 is 44.3 Å². The van der Waals surface area contributed by atoms with Gasteiger partial charge in [-0.1, -0.05) is 168 Å². The molecule has 0 aliphatic heterocycles. The molecule has 0 saturated heterocycles. The van der Waals surface area contributed by atoms with Crippen molar-refractivity contribution in [1.82, 2.24) is 5.32 Å². The highest BCUT2D eigenvalue weighted by atomic mass is 31.2. The van der Waals surface area contributed by atoms with Crippen molar-refractivity contribution in [3.05, 3.63) is 0 Å². The van der Waals surface area contributed by atoms with Crippen molar-refractivity contribution < 1.29 is 51.9 Å². The third kappa shape index (κ3) is 38.6. The molecular formula is C42H80NO11P. The van der Waals surface area contributed by atoms with E-state index in [0.29, 0.717) is 12.8 Å². The standard InChI is InChI=1S/C42H80NO11P/c1-4-6-8-10-12-14-16-18-20-22-24-26-28-30-41(46)51-36-38(37-53-55(48,49)52-35-34-43-39(44)32-33-40(45)50-3)54-42(47)31-29-27-25-23-21-19-17-15-13-11-9-7-5-2/h38H,4-37H2,1-3H3,(H,43,44)(H,48,49). The maximum Gasteiger partial charge on any atom is 0.472 e. The van der Waals surface area contributed by atoms with Crippen LogP contribution in [0.15, 0.2) is 0 Å². The minimum atomic E-state index is -4.59. The number of ether oxygens (including phenoxy) is 3. The summed E-state index contributed by atoms with van der Waals surface area (Å²) in [5, 5.41) is 2.47. The SMILES string of the molecule is CCCCCCCCCCCCCCCC(=O)OCC(COP(=O)(O)OCCNC(=O)CCC(=O)OC)OC(=O)CCCCCCCCCCCCCCC. The molecule has 0 aromatic heterocycles. The number of hydrogen-bond donors (Lipinski definition) is 2. The number of hydrogen-bond acceptors (Lipinski definition) is 10. The van der Waals surface area contributed by atoms with Crippen molar-refractivity contribution >= 4 is 31.6 Å². The van der Waals surface area contributed by atoms with Crippen LogP contribution >= 0.6 is 7.82 Å². The molecule has 0 spiro atoms. The van der Waals surface area contributed by atoms with Gasteiger partial charge in [0.1, 0.15) is 6.61 Å². The van der Waals surface area contributed by atoms with Crippen molar-refractivity contribution in [3.63, 3.8) is 0 Å². The quantitative estimate of drug-likeness (QED) is 0.0261. The van der Waals surface area contributed by atoms with Gasteiger partial charge in [0.2, 0.25) is 5.91 Å². The van der Waals surface area contributed by atoms with Crippen LogP contribution < -0.4 is 5.32 Å². The van der Waals surface area contributed by atoms with Gasteiger partial charge in [0.05, 0.1) is 26.7 Å². The third-order valence-electron chi connectivity index (χ3n) is 9.58. The predicted molar refractivity (Wildman–Crippen MR) is 217 cm³/mol. The predicted octanol–water partition coefficient (Wildman–Crippen LogP) is 10.6. The third-order valence-corrected chi connectivity index (χ3v) is 10.6. The Hall–Kier alpha value is -2.01. The summed E-state index contributed by atoms with van der Waals surface area (Å²) in [7, 11) is -3.36. The number of carbonyl (C=O) groups excluding carboxylic acids is 4. The molecule has 0 aliphatic carbocycles. The van der Waals surface area contributed by atoms with Crippen molar-refractivity contribution in [1.29, 1.82) is 0 Å². The van der Waals surface area contributed by atoms with E-state index in [1.165, 1.54) is 123 Å². The normalized spacial score (nSPS) is 12.9. The molecule has 0 radical (unpaired) electrons. The molecule has 0 aliphatic rings. The smallest absolute Gasteiger partial charge is 0.469 e. The highest BCUT2D eigenvalue weighted by Gasteiger charge is 2.26. The van der Waals surface area contributed by atoms with E-state index in [2.05, 4.69) is 23.9 Å². The van der Waals surface area contributed by atoms with Gasteiger partial charge in [0.25, 0.3) is 0 Å². The van der Waals surface area contributed by atoms with Crippen LogP contribution in [0.25, 0.3) is 0 Å². The molecule has 0 saturated carbocycles. The van der Waals surface area contributed by atoms with E-state index >= 15 is 0 Å². The van der Waals surface area contributed by atoms with Crippen LogP contribution in [-0.2, 0) is 47.0 Å². The number of phosphoric acid groups is 1. The largest absolute Gasteiger partial charge is 0.472 e. The lowest BCUT2D eigenvalue weighted by Gasteiger charge is -2.20. The molecule has 0 bridgehead atoms. The Morgan fingerprint density at radius 2 is 0.945 bits per heavy atom. The number of phosphoric ester groups is 1. The minimum Gasteiger partial charge on any atom is -0.469 e. The van der Waals surface area contributed by atoms with E-state index in [9.17, 15) is 28.6 Å². The molecule has 324 valence electrons. The zero-order valence-electron chi connectivity index (χ0n) is 35.1. The first kappa shape index (κ1) is 53.0. The molecular weight excluding hydrogens is 725 g/mol. The maximum absolute atomic E-state index is 12.7. The Balaban J connectivity index is 4.52. The van der Waals surface area contributed by atoms with Gasteiger partial charge in [0, 0.05) is 25.8 Å². The first-order valence-corrected chi connectivity index (χ1v) is 23.4. The van der Waals surface area contributed by atoms with Gasteiger partial charge in [-0.3, -0.25) is 28.2 Å². The summed E-state index contributed by atoms with van der Waals surface area (Å²) in [6.45, 7) is 3.22. The van der Waals surface area contributed by atoms with E-state index in [-0.39, 0.29) is 45.4 Å². The van der Waals surface area contributed by atoms with Gasteiger partial charge in [-0.15, -0.1) is 0 Å². The molecule has 13 heteroatoms. The van der Waals surface area contributed by atoms with Gasteiger partial charge in [-0.2, -0.15) is 0 Å². The minimum absolute atomic E-state index is 0.0891. The van der Waals surface area contributed by atoms with Gasteiger partial charge >= 0.3 is 25.7 Å². The molecule has 1 amide bonds. The van der Waals surface area contributed by atoms with Crippen molar-refractivity contribution in [2.75, 3.05) is 33.5 Å². The number of esters is 3. The fourth-order valence-electron chi connectivity index (χ4n) is 6.17. The second-order valence-corrected chi connectivity index (χ2v) is 16.3. The van der Waals surface area contributed by atoms with Crippen LogP contribution in [0, 0.1) is 0 Å². The molecule has 2 atom stereocenters. The summed E-state index contributed by atoms with van der Waals surface area (Å²) in [6.07, 6.45) is 30.2. The van der Waals surface area contributed by atoms with E-state index in [0.717, 1.165) is 38.5 Å². The summed E-state index contributed by atoms with van der Waals surface area (Å²) in [5.74, 6) is -1.89. The Morgan fingerprint density at radius 3 is 1.38 bits per heavy atom. The number of unbranched alkanes of at least 4 members (excludes halogenated alkanes) is 24. The highest BCUT2D eigenvalue weighted by Crippen LogP contribution is 2.43. The Kier molecular flexibility index (Phi) is 37.4. The van der Waals surface area contributed by atoms with Crippen LogP contribution in [0.2, 0.25) is 0 Å². The average Bonchev–Trinajstić information content (AvgIpc) is 3.17. The lowest BCUT2D eigenvalue weighted by atomic mass is 10.0. The molecule has 0 rings (SSSR count). The maximum atomic E-state index is 12.7. The number of methoxy groups -OCH3 is 1. The zero-order chi connectivity index (χ0) is 40.7. The highest BCUT2D eigenvalue weighted by molar-refractivity contribution is 7.47. The van der Waals surface area contributed by atoms with Gasteiger partial charge < -0.3 is 24.4 Å². The van der Waals surface area contributed by atoms with Gasteiger partial charge in [-0.05, 0) is 12.8 Å². The Labute approximate surface area is 334 Å². The first-order valence-electron chi connectivity index (χ1n) is 21.9. The molecule has 2 N–H and O–H groups in total. The van der Waals surface area contributed by atoms with E-state index in [1.807, 2.05) is 0 Å². The van der Waals surface area contributed by atoms with Crippen molar-refractivity contribution in [2.45, 2.75) is 213 Å². The topological polar surface area (TPSA) is 164 Å². The molecule has 0 aromatic carbocycles. The Morgan fingerprint density at radius 1 is 0.527 bits per heavy atom. The van der Waals surface area contributed by atoms with Gasteiger partial charge in [-0.25, -0.2) is 4.57 Å². The lowest BCUT2D eigenvalue weighted by Crippen LogP contribution is -2.30. The average molecular weight is 806 g/mol. The number of nitrogens with one attached hydrogen (secondary N) is 1. The summed E-state index contributed by atoms with van der Waals surface area (Å²) < 4.78 is 37.9. The van der Waals surface area contributed by atoms with Crippen LogP contribution in [0.5, 0.6) is 0 Å².